The van der Waals surface area contributed by atoms with Crippen LogP contribution in [-0.2, 0) is 4.79 Å². The lowest BCUT2D eigenvalue weighted by Crippen LogP contribution is -2.20. The third kappa shape index (κ3) is 2.97. The van der Waals surface area contributed by atoms with E-state index in [1.54, 1.807) is 0 Å². The number of Topliss-reactive ketones (excluding diaryl/α,β-unsaturated/α-hetero) is 1. The topological polar surface area (TPSA) is 17.1 Å². The van der Waals surface area contributed by atoms with Crippen molar-refractivity contribution in [1.82, 2.24) is 0 Å². The fourth-order valence-electron chi connectivity index (χ4n) is 2.00. The fraction of sp³-hybridized carbons (Fsp3) is 0.769. The molecule has 0 saturated carbocycles. The number of allylic oxidation sites excluding steroid dienone is 2. The highest BCUT2D eigenvalue weighted by Gasteiger charge is 2.23. The van der Waals surface area contributed by atoms with E-state index in [0.29, 0.717) is 23.5 Å². The van der Waals surface area contributed by atoms with Crippen molar-refractivity contribution in [1.29, 1.82) is 0 Å². The molecule has 14 heavy (non-hydrogen) atoms. The molecule has 0 spiro atoms. The Morgan fingerprint density at radius 3 is 2.43 bits per heavy atom. The summed E-state index contributed by atoms with van der Waals surface area (Å²) >= 11 is 0. The SMILES string of the molecule is CC(C)CC1=CC[C@H](C(C)C)CC1=O. The molecular formula is C13H22O. The molecule has 0 aromatic heterocycles. The summed E-state index contributed by atoms with van der Waals surface area (Å²) in [7, 11) is 0. The van der Waals surface area contributed by atoms with Crippen LogP contribution in [0.3, 0.4) is 0 Å². The highest BCUT2D eigenvalue weighted by Crippen LogP contribution is 2.29. The van der Waals surface area contributed by atoms with E-state index in [-0.39, 0.29) is 0 Å². The second-order valence-electron chi connectivity index (χ2n) is 5.19. The molecule has 80 valence electrons. The lowest BCUT2D eigenvalue weighted by molar-refractivity contribution is -0.117. The Kier molecular flexibility index (Phi) is 3.91. The molecule has 0 radical (unpaired) electrons. The Morgan fingerprint density at radius 1 is 1.36 bits per heavy atom. The van der Waals surface area contributed by atoms with Gasteiger partial charge in [-0.3, -0.25) is 4.79 Å². The lowest BCUT2D eigenvalue weighted by atomic mass is 9.80. The standard InChI is InChI=1S/C13H22O/c1-9(2)7-12-6-5-11(10(3)4)8-13(12)14/h6,9-11H,5,7-8H2,1-4H3/t11-/m0/s1. The van der Waals surface area contributed by atoms with Crippen LogP contribution in [0, 0.1) is 17.8 Å². The van der Waals surface area contributed by atoms with E-state index in [1.165, 1.54) is 0 Å². The van der Waals surface area contributed by atoms with Gasteiger partial charge in [-0.05, 0) is 36.2 Å². The zero-order chi connectivity index (χ0) is 10.7. The van der Waals surface area contributed by atoms with Crippen LogP contribution < -0.4 is 0 Å². The van der Waals surface area contributed by atoms with Crippen LogP contribution in [-0.4, -0.2) is 5.78 Å². The van der Waals surface area contributed by atoms with Gasteiger partial charge >= 0.3 is 0 Å². The van der Waals surface area contributed by atoms with E-state index in [2.05, 4.69) is 33.8 Å². The number of carbonyl (C=O) groups excluding carboxylic acids is 1. The van der Waals surface area contributed by atoms with Gasteiger partial charge < -0.3 is 0 Å². The van der Waals surface area contributed by atoms with Crippen molar-refractivity contribution in [2.75, 3.05) is 0 Å². The molecule has 1 heteroatoms. The normalized spacial score (nSPS) is 23.1. The van der Waals surface area contributed by atoms with Gasteiger partial charge in [0.25, 0.3) is 0 Å². The summed E-state index contributed by atoms with van der Waals surface area (Å²) in [5.74, 6) is 2.21. The molecule has 1 atom stereocenters. The summed E-state index contributed by atoms with van der Waals surface area (Å²) in [6.07, 6.45) is 5.02. The first-order valence-electron chi connectivity index (χ1n) is 5.73. The molecule has 0 fully saturated rings. The molecule has 0 bridgehead atoms. The molecule has 0 aromatic carbocycles. The van der Waals surface area contributed by atoms with E-state index < -0.39 is 0 Å². The Hall–Kier alpha value is -0.590. The molecule has 0 aliphatic heterocycles. The van der Waals surface area contributed by atoms with Crippen LogP contribution in [0.15, 0.2) is 11.6 Å². The van der Waals surface area contributed by atoms with Crippen molar-refractivity contribution >= 4 is 5.78 Å². The van der Waals surface area contributed by atoms with E-state index in [4.69, 9.17) is 0 Å². The average Bonchev–Trinajstić information content (AvgIpc) is 2.07. The smallest absolute Gasteiger partial charge is 0.158 e. The van der Waals surface area contributed by atoms with Gasteiger partial charge in [-0.15, -0.1) is 0 Å². The predicted octanol–water partition coefficient (Wildman–Crippen LogP) is 3.59. The fourth-order valence-corrected chi connectivity index (χ4v) is 2.00. The molecule has 1 aliphatic carbocycles. The van der Waals surface area contributed by atoms with E-state index >= 15 is 0 Å². The Labute approximate surface area is 87.6 Å². The summed E-state index contributed by atoms with van der Waals surface area (Å²) in [6.45, 7) is 8.75. The molecule has 1 aliphatic rings. The molecule has 0 heterocycles. The zero-order valence-electron chi connectivity index (χ0n) is 9.84. The maximum absolute atomic E-state index is 11.8. The van der Waals surface area contributed by atoms with Gasteiger partial charge in [0, 0.05) is 6.42 Å². The Balaban J connectivity index is 2.60. The minimum Gasteiger partial charge on any atom is -0.295 e. The Bertz CT molecular complexity index is 236. The first-order valence-corrected chi connectivity index (χ1v) is 5.73. The van der Waals surface area contributed by atoms with Gasteiger partial charge in [0.2, 0.25) is 0 Å². The highest BCUT2D eigenvalue weighted by molar-refractivity contribution is 5.96. The third-order valence-corrected chi connectivity index (χ3v) is 3.04. The predicted molar refractivity (Wildman–Crippen MR) is 60.1 cm³/mol. The maximum Gasteiger partial charge on any atom is 0.158 e. The van der Waals surface area contributed by atoms with Crippen LogP contribution >= 0.6 is 0 Å². The molecule has 0 N–H and O–H groups in total. The lowest BCUT2D eigenvalue weighted by Gasteiger charge is -2.24. The highest BCUT2D eigenvalue weighted by atomic mass is 16.1. The Morgan fingerprint density at radius 2 is 2.00 bits per heavy atom. The van der Waals surface area contributed by atoms with E-state index in [1.807, 2.05) is 0 Å². The molecule has 1 nitrogen and oxygen atoms in total. The van der Waals surface area contributed by atoms with Crippen molar-refractivity contribution < 1.29 is 4.79 Å². The van der Waals surface area contributed by atoms with Gasteiger partial charge in [0.15, 0.2) is 5.78 Å². The number of hydrogen-bond acceptors (Lipinski definition) is 1. The van der Waals surface area contributed by atoms with E-state index in [9.17, 15) is 4.79 Å². The summed E-state index contributed by atoms with van der Waals surface area (Å²) in [5, 5.41) is 0. The van der Waals surface area contributed by atoms with Crippen LogP contribution in [0.4, 0.5) is 0 Å². The summed E-state index contributed by atoms with van der Waals surface area (Å²) < 4.78 is 0. The minimum absolute atomic E-state index is 0.392. The number of carbonyl (C=O) groups is 1. The van der Waals surface area contributed by atoms with E-state index in [0.717, 1.165) is 24.8 Å². The molecule has 0 aromatic rings. The van der Waals surface area contributed by atoms with Gasteiger partial charge in [0.1, 0.15) is 0 Å². The quantitative estimate of drug-likeness (QED) is 0.671. The summed E-state index contributed by atoms with van der Waals surface area (Å²) in [6, 6.07) is 0. The van der Waals surface area contributed by atoms with Crippen molar-refractivity contribution in [2.24, 2.45) is 17.8 Å². The molecule has 0 amide bonds. The molecule has 0 unspecified atom stereocenters. The first kappa shape index (κ1) is 11.5. The largest absolute Gasteiger partial charge is 0.295 e. The van der Waals surface area contributed by atoms with Crippen LogP contribution in [0.5, 0.6) is 0 Å². The molecular weight excluding hydrogens is 172 g/mol. The number of rotatable bonds is 3. The van der Waals surface area contributed by atoms with Gasteiger partial charge in [-0.1, -0.05) is 33.8 Å². The van der Waals surface area contributed by atoms with Crippen LogP contribution in [0.25, 0.3) is 0 Å². The third-order valence-electron chi connectivity index (χ3n) is 3.04. The monoisotopic (exact) mass is 194 g/mol. The summed E-state index contributed by atoms with van der Waals surface area (Å²) in [4.78, 5) is 11.8. The second-order valence-corrected chi connectivity index (χ2v) is 5.19. The maximum atomic E-state index is 11.8. The first-order chi connectivity index (χ1) is 6.50. The second kappa shape index (κ2) is 4.77. The van der Waals surface area contributed by atoms with Crippen molar-refractivity contribution in [2.45, 2.75) is 47.0 Å². The van der Waals surface area contributed by atoms with Crippen molar-refractivity contribution in [3.8, 4) is 0 Å². The molecule has 0 saturated heterocycles. The van der Waals surface area contributed by atoms with Crippen LogP contribution in [0.2, 0.25) is 0 Å². The number of hydrogen-bond donors (Lipinski definition) is 0. The minimum atomic E-state index is 0.392. The summed E-state index contributed by atoms with van der Waals surface area (Å²) in [5.41, 5.74) is 1.08. The van der Waals surface area contributed by atoms with Gasteiger partial charge in [-0.2, -0.15) is 0 Å². The number of ketones is 1. The molecule has 1 rings (SSSR count). The van der Waals surface area contributed by atoms with Crippen LogP contribution in [0.1, 0.15) is 47.0 Å². The van der Waals surface area contributed by atoms with Gasteiger partial charge in [-0.25, -0.2) is 0 Å². The van der Waals surface area contributed by atoms with Crippen molar-refractivity contribution in [3.05, 3.63) is 11.6 Å². The zero-order valence-corrected chi connectivity index (χ0v) is 9.84. The van der Waals surface area contributed by atoms with Gasteiger partial charge in [0.05, 0.1) is 0 Å². The van der Waals surface area contributed by atoms with Crippen molar-refractivity contribution in [3.63, 3.8) is 0 Å². The average molecular weight is 194 g/mol.